The lowest BCUT2D eigenvalue weighted by Gasteiger charge is -2.09. The molecular weight excluding hydrogens is 422 g/mol. The molecule has 0 spiro atoms. The highest BCUT2D eigenvalue weighted by atomic mass is 32.1. The second-order valence-electron chi connectivity index (χ2n) is 7.55. The number of aryl methyl sites for hydroxylation is 2. The van der Waals surface area contributed by atoms with Crippen LogP contribution in [-0.4, -0.2) is 29.2 Å². The van der Waals surface area contributed by atoms with E-state index in [1.54, 1.807) is 23.5 Å². The first-order valence-corrected chi connectivity index (χ1v) is 11.8. The predicted octanol–water partition coefficient (Wildman–Crippen LogP) is 5.79. The molecule has 0 aliphatic heterocycles. The summed E-state index contributed by atoms with van der Waals surface area (Å²) in [5.74, 6) is 1.75. The van der Waals surface area contributed by atoms with Crippen LogP contribution in [0.2, 0.25) is 0 Å². The second-order valence-corrected chi connectivity index (χ2v) is 8.83. The van der Waals surface area contributed by atoms with E-state index in [2.05, 4.69) is 31.1 Å². The number of thiazole rings is 1. The Hall–Kier alpha value is -3.06. The standard InChI is InChI=1S/C25H31N3O3S/c1-3-7-23-24(27-18(2)32-23)19-8-12-21(13-9-19)30-16-5-4-6-17-31-22-14-10-20(11-15-22)25(26)28-29/h8-15,29H,3-7,16-17H2,1-2H3,(H2,26,28). The molecular formula is C25H31N3O3S. The van der Waals surface area contributed by atoms with Crippen molar-refractivity contribution in [2.24, 2.45) is 10.9 Å². The number of hydrogen-bond acceptors (Lipinski definition) is 6. The van der Waals surface area contributed by atoms with Gasteiger partial charge in [0.2, 0.25) is 0 Å². The summed E-state index contributed by atoms with van der Waals surface area (Å²) in [4.78, 5) is 6.08. The molecule has 0 bridgehead atoms. The van der Waals surface area contributed by atoms with Crippen LogP contribution in [0.3, 0.4) is 0 Å². The van der Waals surface area contributed by atoms with Crippen LogP contribution in [-0.2, 0) is 6.42 Å². The molecule has 3 N–H and O–H groups in total. The molecule has 1 heterocycles. The maximum Gasteiger partial charge on any atom is 0.170 e. The predicted molar refractivity (Wildman–Crippen MR) is 130 cm³/mol. The van der Waals surface area contributed by atoms with Crippen LogP contribution in [0.15, 0.2) is 53.7 Å². The van der Waals surface area contributed by atoms with Crippen LogP contribution in [0.4, 0.5) is 0 Å². The normalized spacial score (nSPS) is 11.5. The van der Waals surface area contributed by atoms with Gasteiger partial charge < -0.3 is 20.4 Å². The zero-order chi connectivity index (χ0) is 22.8. The third-order valence-electron chi connectivity index (χ3n) is 4.99. The highest BCUT2D eigenvalue weighted by molar-refractivity contribution is 7.12. The summed E-state index contributed by atoms with van der Waals surface area (Å²) >= 11 is 1.79. The van der Waals surface area contributed by atoms with Crippen LogP contribution >= 0.6 is 11.3 Å². The number of hydrogen-bond donors (Lipinski definition) is 2. The molecule has 0 fully saturated rings. The highest BCUT2D eigenvalue weighted by Crippen LogP contribution is 2.30. The Labute approximate surface area is 193 Å². The van der Waals surface area contributed by atoms with E-state index in [9.17, 15) is 0 Å². The van der Waals surface area contributed by atoms with Gasteiger partial charge in [-0.15, -0.1) is 11.3 Å². The minimum absolute atomic E-state index is 0.0886. The maximum atomic E-state index is 8.68. The number of benzene rings is 2. The van der Waals surface area contributed by atoms with Gasteiger partial charge in [-0.2, -0.15) is 0 Å². The first kappa shape index (κ1) is 23.6. The molecule has 1 aromatic heterocycles. The summed E-state index contributed by atoms with van der Waals surface area (Å²) in [6.07, 6.45) is 5.15. The van der Waals surface area contributed by atoms with E-state index in [0.717, 1.165) is 59.9 Å². The Morgan fingerprint density at radius 3 is 2.12 bits per heavy atom. The molecule has 0 radical (unpaired) electrons. The number of ether oxygens (including phenoxy) is 2. The smallest absolute Gasteiger partial charge is 0.170 e. The van der Waals surface area contributed by atoms with E-state index in [1.165, 1.54) is 4.88 Å². The van der Waals surface area contributed by atoms with E-state index >= 15 is 0 Å². The molecule has 3 rings (SSSR count). The number of amidine groups is 1. The average molecular weight is 454 g/mol. The Morgan fingerprint density at radius 1 is 0.969 bits per heavy atom. The van der Waals surface area contributed by atoms with Crippen molar-refractivity contribution in [2.45, 2.75) is 46.0 Å². The average Bonchev–Trinajstić information content (AvgIpc) is 3.19. The Kier molecular flexibility index (Phi) is 8.92. The summed E-state index contributed by atoms with van der Waals surface area (Å²) in [6.45, 7) is 5.59. The number of unbranched alkanes of at least 4 members (excludes halogenated alkanes) is 2. The summed E-state index contributed by atoms with van der Waals surface area (Å²) in [7, 11) is 0. The third kappa shape index (κ3) is 6.72. The Balaban J connectivity index is 1.35. The van der Waals surface area contributed by atoms with Crippen molar-refractivity contribution in [3.8, 4) is 22.8 Å². The van der Waals surface area contributed by atoms with Crippen LogP contribution < -0.4 is 15.2 Å². The highest BCUT2D eigenvalue weighted by Gasteiger charge is 2.10. The van der Waals surface area contributed by atoms with Crippen molar-refractivity contribution in [3.63, 3.8) is 0 Å². The molecule has 32 heavy (non-hydrogen) atoms. The van der Waals surface area contributed by atoms with Crippen LogP contribution in [0, 0.1) is 6.92 Å². The molecule has 0 saturated heterocycles. The molecule has 0 saturated carbocycles. The molecule has 0 aliphatic rings. The molecule has 3 aromatic rings. The van der Waals surface area contributed by atoms with E-state index in [4.69, 9.17) is 25.4 Å². The SMILES string of the molecule is CCCc1sc(C)nc1-c1ccc(OCCCCCOc2ccc(C(N)=NO)cc2)cc1. The van der Waals surface area contributed by atoms with Gasteiger partial charge in [0, 0.05) is 16.0 Å². The van der Waals surface area contributed by atoms with Crippen molar-refractivity contribution in [2.75, 3.05) is 13.2 Å². The minimum Gasteiger partial charge on any atom is -0.494 e. The quantitative estimate of drug-likeness (QED) is 0.119. The van der Waals surface area contributed by atoms with Gasteiger partial charge in [0.15, 0.2) is 5.84 Å². The van der Waals surface area contributed by atoms with Crippen LogP contribution in [0.5, 0.6) is 11.5 Å². The van der Waals surface area contributed by atoms with Crippen molar-refractivity contribution < 1.29 is 14.7 Å². The number of oxime groups is 1. The topological polar surface area (TPSA) is 90.0 Å². The van der Waals surface area contributed by atoms with Crippen molar-refractivity contribution >= 4 is 17.2 Å². The first-order valence-electron chi connectivity index (χ1n) is 11.0. The number of nitrogens with zero attached hydrogens (tertiary/aromatic N) is 2. The zero-order valence-electron chi connectivity index (χ0n) is 18.7. The Bertz CT molecular complexity index is 998. The van der Waals surface area contributed by atoms with E-state index in [0.29, 0.717) is 18.8 Å². The molecule has 7 heteroatoms. The maximum absolute atomic E-state index is 8.68. The van der Waals surface area contributed by atoms with Gasteiger partial charge in [0.25, 0.3) is 0 Å². The molecule has 0 atom stereocenters. The molecule has 0 unspecified atom stereocenters. The van der Waals surface area contributed by atoms with Crippen molar-refractivity contribution in [1.29, 1.82) is 0 Å². The van der Waals surface area contributed by atoms with Gasteiger partial charge in [0.1, 0.15) is 11.5 Å². The summed E-state index contributed by atoms with van der Waals surface area (Å²) in [5.41, 5.74) is 8.48. The lowest BCUT2D eigenvalue weighted by atomic mass is 10.1. The molecule has 170 valence electrons. The van der Waals surface area contributed by atoms with E-state index < -0.39 is 0 Å². The number of rotatable bonds is 12. The van der Waals surface area contributed by atoms with Crippen molar-refractivity contribution in [3.05, 3.63) is 64.0 Å². The summed E-state index contributed by atoms with van der Waals surface area (Å²) in [5, 5.41) is 12.8. The molecule has 0 aliphatic carbocycles. The third-order valence-corrected chi connectivity index (χ3v) is 6.02. The van der Waals surface area contributed by atoms with Gasteiger partial charge in [-0.1, -0.05) is 18.5 Å². The van der Waals surface area contributed by atoms with Gasteiger partial charge in [0.05, 0.1) is 23.9 Å². The monoisotopic (exact) mass is 453 g/mol. The van der Waals surface area contributed by atoms with Gasteiger partial charge in [-0.3, -0.25) is 0 Å². The Morgan fingerprint density at radius 2 is 1.56 bits per heavy atom. The number of nitrogens with two attached hydrogens (primary N) is 1. The first-order chi connectivity index (χ1) is 15.6. The van der Waals surface area contributed by atoms with Crippen molar-refractivity contribution in [1.82, 2.24) is 4.98 Å². The van der Waals surface area contributed by atoms with Gasteiger partial charge >= 0.3 is 0 Å². The summed E-state index contributed by atoms with van der Waals surface area (Å²) < 4.78 is 11.6. The fourth-order valence-electron chi connectivity index (χ4n) is 3.34. The number of aromatic nitrogens is 1. The molecule has 6 nitrogen and oxygen atoms in total. The fraction of sp³-hybridized carbons (Fsp3) is 0.360. The zero-order valence-corrected chi connectivity index (χ0v) is 19.5. The van der Waals surface area contributed by atoms with Gasteiger partial charge in [-0.25, -0.2) is 4.98 Å². The molecule has 2 aromatic carbocycles. The fourth-order valence-corrected chi connectivity index (χ4v) is 4.40. The summed E-state index contributed by atoms with van der Waals surface area (Å²) in [6, 6.07) is 15.4. The van der Waals surface area contributed by atoms with E-state index in [1.807, 2.05) is 24.3 Å². The van der Waals surface area contributed by atoms with Crippen LogP contribution in [0.1, 0.15) is 48.1 Å². The minimum atomic E-state index is 0.0886. The van der Waals surface area contributed by atoms with Crippen LogP contribution in [0.25, 0.3) is 11.3 Å². The molecule has 0 amide bonds. The van der Waals surface area contributed by atoms with E-state index in [-0.39, 0.29) is 5.84 Å². The largest absolute Gasteiger partial charge is 0.494 e. The lowest BCUT2D eigenvalue weighted by molar-refractivity contribution is 0.279. The lowest BCUT2D eigenvalue weighted by Crippen LogP contribution is -2.12. The second kappa shape index (κ2) is 12.1. The van der Waals surface area contributed by atoms with Gasteiger partial charge in [-0.05, 0) is 81.1 Å².